The molecule has 0 radical (unpaired) electrons. The van der Waals surface area contributed by atoms with E-state index in [0.717, 1.165) is 48.4 Å². The zero-order chi connectivity index (χ0) is 28.3. The lowest BCUT2D eigenvalue weighted by molar-refractivity contribution is -0.122. The molecule has 13 heteroatoms. The van der Waals surface area contributed by atoms with Gasteiger partial charge in [0.2, 0.25) is 5.91 Å². The maximum Gasteiger partial charge on any atom is 0.272 e. The van der Waals surface area contributed by atoms with Crippen LogP contribution in [-0.4, -0.2) is 65.2 Å². The van der Waals surface area contributed by atoms with Gasteiger partial charge in [0.15, 0.2) is 5.69 Å². The van der Waals surface area contributed by atoms with Crippen molar-refractivity contribution in [2.24, 2.45) is 5.92 Å². The van der Waals surface area contributed by atoms with E-state index in [9.17, 15) is 18.0 Å². The Kier molecular flexibility index (Phi) is 8.71. The maximum atomic E-state index is 13.6. The highest BCUT2D eigenvalue weighted by Crippen LogP contribution is 2.32. The summed E-state index contributed by atoms with van der Waals surface area (Å²) in [6.45, 7) is 5.81. The van der Waals surface area contributed by atoms with Crippen molar-refractivity contribution in [1.29, 1.82) is 0 Å². The van der Waals surface area contributed by atoms with Crippen LogP contribution in [0, 0.1) is 5.92 Å². The van der Waals surface area contributed by atoms with E-state index in [4.69, 9.17) is 9.62 Å². The molecule has 2 bridgehead atoms. The summed E-state index contributed by atoms with van der Waals surface area (Å²) in [5.74, 6) is 0.148. The Hall–Kier alpha value is -3.03. The van der Waals surface area contributed by atoms with E-state index in [1.807, 2.05) is 4.68 Å². The number of carbonyl (C=O) groups excluding carboxylic acids is 2. The Morgan fingerprint density at radius 3 is 2.75 bits per heavy atom. The summed E-state index contributed by atoms with van der Waals surface area (Å²) < 4.78 is 35.6. The standard InChI is InChI=1S/C27H36N6O5S2/c1-18(2)10-15-33-22-7-6-19-17-20(22)26(30-33)27(35)28-12-4-14-32(13-3-5-24(34)29-19)40(36,37)25-9-8-23(39-25)21-11-16-38-31-21/h8-9,11,16,18-19H,3-7,10,12-15,17H2,1-2H3,(H,28,35)(H,29,34). The van der Waals surface area contributed by atoms with Gasteiger partial charge in [0, 0.05) is 56.0 Å². The quantitative estimate of drug-likeness (QED) is 0.451. The molecule has 1 aliphatic carbocycles. The van der Waals surface area contributed by atoms with Crippen LogP contribution < -0.4 is 10.6 Å². The minimum Gasteiger partial charge on any atom is -0.364 e. The molecule has 1 atom stereocenters. The largest absolute Gasteiger partial charge is 0.364 e. The monoisotopic (exact) mass is 588 g/mol. The summed E-state index contributed by atoms with van der Waals surface area (Å²) in [7, 11) is -3.81. The Morgan fingerprint density at radius 2 is 1.98 bits per heavy atom. The van der Waals surface area contributed by atoms with Crippen molar-refractivity contribution in [1.82, 2.24) is 29.9 Å². The topological polar surface area (TPSA) is 139 Å². The van der Waals surface area contributed by atoms with E-state index >= 15 is 0 Å². The van der Waals surface area contributed by atoms with Crippen LogP contribution in [0.15, 0.2) is 33.2 Å². The lowest BCUT2D eigenvalue weighted by atomic mass is 9.91. The zero-order valence-corrected chi connectivity index (χ0v) is 24.5. The molecule has 0 fully saturated rings. The van der Waals surface area contributed by atoms with Gasteiger partial charge in [0.25, 0.3) is 15.9 Å². The Labute approximate surface area is 238 Å². The van der Waals surface area contributed by atoms with E-state index in [2.05, 4.69) is 29.6 Å². The number of aromatic nitrogens is 3. The van der Waals surface area contributed by atoms with Gasteiger partial charge in [0.1, 0.15) is 16.2 Å². The summed E-state index contributed by atoms with van der Waals surface area (Å²) in [4.78, 5) is 26.8. The molecular weight excluding hydrogens is 552 g/mol. The van der Waals surface area contributed by atoms with Crippen LogP contribution in [-0.2, 0) is 34.2 Å². The van der Waals surface area contributed by atoms with Crippen LogP contribution in [0.3, 0.4) is 0 Å². The smallest absolute Gasteiger partial charge is 0.272 e. The third-order valence-corrected chi connectivity index (χ3v) is 10.9. The third kappa shape index (κ3) is 6.31. The van der Waals surface area contributed by atoms with Crippen LogP contribution in [0.5, 0.6) is 0 Å². The molecule has 4 heterocycles. The highest BCUT2D eigenvalue weighted by atomic mass is 32.2. The van der Waals surface area contributed by atoms with Gasteiger partial charge < -0.3 is 15.2 Å². The Bertz CT molecular complexity index is 1440. The van der Waals surface area contributed by atoms with Gasteiger partial charge >= 0.3 is 0 Å². The molecule has 3 aromatic heterocycles. The van der Waals surface area contributed by atoms with Gasteiger partial charge in [-0.15, -0.1) is 11.3 Å². The lowest BCUT2D eigenvalue weighted by Gasteiger charge is -2.25. The molecule has 0 saturated carbocycles. The molecule has 2 N–H and O–H groups in total. The number of thiophene rings is 1. The van der Waals surface area contributed by atoms with Crippen LogP contribution in [0.1, 0.15) is 67.7 Å². The third-order valence-electron chi connectivity index (χ3n) is 7.39. The highest BCUT2D eigenvalue weighted by Gasteiger charge is 2.31. The summed E-state index contributed by atoms with van der Waals surface area (Å²) in [5, 5.41) is 14.7. The summed E-state index contributed by atoms with van der Waals surface area (Å²) in [5.41, 5.74) is 2.98. The first-order valence-electron chi connectivity index (χ1n) is 13.9. The van der Waals surface area contributed by atoms with Gasteiger partial charge in [-0.3, -0.25) is 14.3 Å². The SMILES string of the molecule is CC(C)CCn1nc2c3c1CCC(C3)NC(=O)CCCN(S(=O)(=O)c1ccc(-c3ccon3)s1)CCCNC2=O. The molecule has 2 amide bonds. The molecule has 2 aliphatic rings. The lowest BCUT2D eigenvalue weighted by Crippen LogP contribution is -2.39. The molecular formula is C27H36N6O5S2. The second-order valence-electron chi connectivity index (χ2n) is 10.8. The number of nitrogens with zero attached hydrogens (tertiary/aromatic N) is 4. The van der Waals surface area contributed by atoms with Crippen molar-refractivity contribution < 1.29 is 22.5 Å². The van der Waals surface area contributed by atoms with Gasteiger partial charge in [-0.05, 0) is 56.6 Å². The minimum atomic E-state index is -3.81. The van der Waals surface area contributed by atoms with Crippen LogP contribution in [0.25, 0.3) is 10.6 Å². The van der Waals surface area contributed by atoms with Gasteiger partial charge in [-0.25, -0.2) is 8.42 Å². The molecule has 5 rings (SSSR count). The van der Waals surface area contributed by atoms with Gasteiger partial charge in [-0.1, -0.05) is 19.0 Å². The molecule has 11 nitrogen and oxygen atoms in total. The number of rotatable bonds is 6. The molecule has 1 unspecified atom stereocenters. The second kappa shape index (κ2) is 12.2. The molecule has 0 aromatic carbocycles. The molecule has 40 heavy (non-hydrogen) atoms. The first kappa shape index (κ1) is 28.5. The Morgan fingerprint density at radius 1 is 1.15 bits per heavy atom. The number of hydrogen-bond donors (Lipinski definition) is 2. The van der Waals surface area contributed by atoms with Crippen molar-refractivity contribution in [3.05, 3.63) is 41.4 Å². The highest BCUT2D eigenvalue weighted by molar-refractivity contribution is 7.91. The number of fused-ring (bicyclic) bond motifs is 1. The van der Waals surface area contributed by atoms with Crippen LogP contribution in [0.2, 0.25) is 0 Å². The van der Waals surface area contributed by atoms with E-state index in [0.29, 0.717) is 48.0 Å². The fourth-order valence-electron chi connectivity index (χ4n) is 5.23. The maximum absolute atomic E-state index is 13.6. The van der Waals surface area contributed by atoms with Crippen molar-refractivity contribution in [2.45, 2.75) is 75.6 Å². The molecule has 0 saturated heterocycles. The van der Waals surface area contributed by atoms with Crippen molar-refractivity contribution in [2.75, 3.05) is 19.6 Å². The van der Waals surface area contributed by atoms with E-state index in [1.165, 1.54) is 10.6 Å². The number of hydrogen-bond acceptors (Lipinski definition) is 8. The van der Waals surface area contributed by atoms with Gasteiger partial charge in [0.05, 0.1) is 4.88 Å². The molecule has 216 valence electrons. The normalized spacial score (nSPS) is 19.6. The summed E-state index contributed by atoms with van der Waals surface area (Å²) >= 11 is 1.13. The summed E-state index contributed by atoms with van der Waals surface area (Å²) in [6.07, 6.45) is 5.55. The number of nitrogens with one attached hydrogen (secondary N) is 2. The second-order valence-corrected chi connectivity index (χ2v) is 14.1. The van der Waals surface area contributed by atoms with Crippen molar-refractivity contribution in [3.63, 3.8) is 0 Å². The van der Waals surface area contributed by atoms with E-state index in [-0.39, 0.29) is 41.6 Å². The zero-order valence-electron chi connectivity index (χ0n) is 22.9. The predicted molar refractivity (Wildman–Crippen MR) is 150 cm³/mol. The number of sulfonamides is 1. The Balaban J connectivity index is 1.34. The first-order valence-corrected chi connectivity index (χ1v) is 16.1. The predicted octanol–water partition coefficient (Wildman–Crippen LogP) is 3.22. The minimum absolute atomic E-state index is 0.0830. The fraction of sp³-hybridized carbons (Fsp3) is 0.556. The number of aryl methyl sites for hydroxylation is 1. The van der Waals surface area contributed by atoms with Crippen molar-refractivity contribution in [3.8, 4) is 10.6 Å². The molecule has 1 aliphatic heterocycles. The summed E-state index contributed by atoms with van der Waals surface area (Å²) in [6, 6.07) is 4.88. The van der Waals surface area contributed by atoms with Gasteiger partial charge in [-0.2, -0.15) is 9.40 Å². The number of amides is 2. The first-order chi connectivity index (χ1) is 19.2. The van der Waals surface area contributed by atoms with E-state index < -0.39 is 10.0 Å². The van der Waals surface area contributed by atoms with E-state index in [1.54, 1.807) is 18.2 Å². The average Bonchev–Trinajstić information content (AvgIpc) is 3.68. The van der Waals surface area contributed by atoms with Crippen molar-refractivity contribution >= 4 is 33.2 Å². The molecule has 3 aromatic rings. The average molecular weight is 589 g/mol. The molecule has 0 spiro atoms. The van der Waals surface area contributed by atoms with Crippen LogP contribution in [0.4, 0.5) is 0 Å². The van der Waals surface area contributed by atoms with Crippen LogP contribution >= 0.6 is 11.3 Å². The fourth-order valence-corrected chi connectivity index (χ4v) is 8.17. The number of carbonyl (C=O) groups is 2.